The van der Waals surface area contributed by atoms with Gasteiger partial charge >= 0.3 is 0 Å². The van der Waals surface area contributed by atoms with Crippen molar-refractivity contribution in [3.63, 3.8) is 0 Å². The van der Waals surface area contributed by atoms with Gasteiger partial charge in [-0.2, -0.15) is 0 Å². The molecule has 1 saturated heterocycles. The van der Waals surface area contributed by atoms with Crippen molar-refractivity contribution in [2.24, 2.45) is 0 Å². The maximum atomic E-state index is 12.7. The molecule has 2 aromatic heterocycles. The van der Waals surface area contributed by atoms with Gasteiger partial charge in [-0.3, -0.25) is 9.69 Å². The Hall–Kier alpha value is -3.49. The van der Waals surface area contributed by atoms with Crippen molar-refractivity contribution in [3.05, 3.63) is 60.4 Å². The number of hydrogen-bond acceptors (Lipinski definition) is 7. The second-order valence-corrected chi connectivity index (χ2v) is 7.71. The Morgan fingerprint density at radius 3 is 2.78 bits per heavy atom. The van der Waals surface area contributed by atoms with Crippen molar-refractivity contribution in [2.75, 3.05) is 39.4 Å². The fourth-order valence-electron chi connectivity index (χ4n) is 3.79. The Morgan fingerprint density at radius 1 is 1.09 bits per heavy atom. The molecular formula is C24H24N4O4. The quantitative estimate of drug-likeness (QED) is 0.446. The van der Waals surface area contributed by atoms with Crippen LogP contribution in [0.5, 0.6) is 0 Å². The molecule has 0 atom stereocenters. The Labute approximate surface area is 185 Å². The van der Waals surface area contributed by atoms with Crippen LogP contribution in [0.25, 0.3) is 33.8 Å². The van der Waals surface area contributed by atoms with Crippen LogP contribution >= 0.6 is 0 Å². The molecule has 5 rings (SSSR count). The van der Waals surface area contributed by atoms with Gasteiger partial charge in [-0.25, -0.2) is 4.98 Å². The molecule has 1 N–H and O–H groups in total. The summed E-state index contributed by atoms with van der Waals surface area (Å²) in [6.07, 6.45) is 2.45. The van der Waals surface area contributed by atoms with Crippen LogP contribution in [0.2, 0.25) is 0 Å². The summed E-state index contributed by atoms with van der Waals surface area (Å²) in [4.78, 5) is 19.6. The van der Waals surface area contributed by atoms with E-state index in [-0.39, 0.29) is 5.91 Å². The van der Waals surface area contributed by atoms with Crippen LogP contribution in [-0.4, -0.2) is 60.3 Å². The third kappa shape index (κ3) is 4.42. The van der Waals surface area contributed by atoms with E-state index in [9.17, 15) is 4.79 Å². The second-order valence-electron chi connectivity index (χ2n) is 7.71. The van der Waals surface area contributed by atoms with E-state index in [1.165, 1.54) is 0 Å². The number of morpholine rings is 1. The molecule has 1 aliphatic heterocycles. The molecule has 4 aromatic rings. The molecule has 8 nitrogen and oxygen atoms in total. The number of carbonyl (C=O) groups is 1. The predicted octanol–water partition coefficient (Wildman–Crippen LogP) is 3.60. The van der Waals surface area contributed by atoms with Crippen LogP contribution in [0, 0.1) is 0 Å². The van der Waals surface area contributed by atoms with Crippen molar-refractivity contribution in [2.45, 2.75) is 6.42 Å². The van der Waals surface area contributed by atoms with Gasteiger partial charge in [0.2, 0.25) is 5.89 Å². The fraction of sp³-hybridized carbons (Fsp3) is 0.292. The van der Waals surface area contributed by atoms with E-state index in [1.807, 2.05) is 30.3 Å². The topological polar surface area (TPSA) is 93.6 Å². The number of oxazole rings is 1. The van der Waals surface area contributed by atoms with E-state index < -0.39 is 0 Å². The summed E-state index contributed by atoms with van der Waals surface area (Å²) in [5.74, 6) is 0.386. The minimum absolute atomic E-state index is 0.119. The lowest BCUT2D eigenvalue weighted by molar-refractivity contribution is 0.0374. The number of benzene rings is 2. The number of rotatable bonds is 7. The molecule has 2 aromatic carbocycles. The lowest BCUT2D eigenvalue weighted by Gasteiger charge is -2.26. The highest BCUT2D eigenvalue weighted by atomic mass is 16.5. The Bertz CT molecular complexity index is 1200. The van der Waals surface area contributed by atoms with Crippen molar-refractivity contribution in [3.8, 4) is 22.8 Å². The van der Waals surface area contributed by atoms with Crippen molar-refractivity contribution < 1.29 is 18.5 Å². The number of nitrogens with one attached hydrogen (secondary N) is 1. The lowest BCUT2D eigenvalue weighted by Crippen LogP contribution is -2.38. The molecule has 0 aliphatic carbocycles. The van der Waals surface area contributed by atoms with E-state index >= 15 is 0 Å². The molecule has 164 valence electrons. The largest absolute Gasteiger partial charge is 0.444 e. The number of carbonyl (C=O) groups excluding carboxylic acids is 1. The van der Waals surface area contributed by atoms with Crippen molar-refractivity contribution in [1.82, 2.24) is 20.4 Å². The third-order valence-electron chi connectivity index (χ3n) is 5.54. The molecule has 0 spiro atoms. The maximum Gasteiger partial charge on any atom is 0.251 e. The van der Waals surface area contributed by atoms with E-state index in [4.69, 9.17) is 13.7 Å². The highest BCUT2D eigenvalue weighted by Gasteiger charge is 2.17. The third-order valence-corrected chi connectivity index (χ3v) is 5.54. The first kappa shape index (κ1) is 20.4. The van der Waals surface area contributed by atoms with E-state index in [0.29, 0.717) is 35.0 Å². The molecule has 3 heterocycles. The Balaban J connectivity index is 1.27. The summed E-state index contributed by atoms with van der Waals surface area (Å²) in [6.45, 7) is 5.05. The zero-order valence-corrected chi connectivity index (χ0v) is 17.6. The van der Waals surface area contributed by atoms with Gasteiger partial charge in [0.25, 0.3) is 5.91 Å². The Kier molecular flexibility index (Phi) is 5.96. The fourth-order valence-corrected chi connectivity index (χ4v) is 3.79. The van der Waals surface area contributed by atoms with Gasteiger partial charge in [0.15, 0.2) is 5.58 Å². The number of amides is 1. The highest BCUT2D eigenvalue weighted by molar-refractivity contribution is 6.00. The van der Waals surface area contributed by atoms with E-state index in [1.54, 1.807) is 24.5 Å². The van der Waals surface area contributed by atoms with Crippen LogP contribution in [-0.2, 0) is 4.74 Å². The molecule has 8 heteroatoms. The summed E-state index contributed by atoms with van der Waals surface area (Å²) in [5.41, 5.74) is 3.13. The normalized spacial score (nSPS) is 14.6. The molecule has 32 heavy (non-hydrogen) atoms. The van der Waals surface area contributed by atoms with Gasteiger partial charge in [-0.1, -0.05) is 23.4 Å². The molecule has 0 unspecified atom stereocenters. The van der Waals surface area contributed by atoms with Gasteiger partial charge < -0.3 is 19.0 Å². The minimum atomic E-state index is -0.119. The summed E-state index contributed by atoms with van der Waals surface area (Å²) < 4.78 is 16.4. The summed E-state index contributed by atoms with van der Waals surface area (Å²) >= 11 is 0. The van der Waals surface area contributed by atoms with E-state index in [0.717, 1.165) is 50.2 Å². The zero-order chi connectivity index (χ0) is 21.8. The van der Waals surface area contributed by atoms with Crippen molar-refractivity contribution in [1.29, 1.82) is 0 Å². The first-order chi connectivity index (χ1) is 15.8. The number of nitrogens with zero attached hydrogens (tertiary/aromatic N) is 3. The van der Waals surface area contributed by atoms with Crippen molar-refractivity contribution >= 4 is 16.9 Å². The monoisotopic (exact) mass is 432 g/mol. The smallest absolute Gasteiger partial charge is 0.251 e. The highest BCUT2D eigenvalue weighted by Crippen LogP contribution is 2.30. The molecule has 1 aliphatic rings. The molecule has 0 radical (unpaired) electrons. The molecule has 1 amide bonds. The number of hydrogen-bond donors (Lipinski definition) is 1. The van der Waals surface area contributed by atoms with Gasteiger partial charge in [0, 0.05) is 30.8 Å². The summed E-state index contributed by atoms with van der Waals surface area (Å²) in [6, 6.07) is 14.9. The van der Waals surface area contributed by atoms with Gasteiger partial charge in [0.05, 0.1) is 18.6 Å². The number of fused-ring (bicyclic) bond motifs is 1. The number of ether oxygens (including phenoxy) is 1. The maximum absolute atomic E-state index is 12.7. The van der Waals surface area contributed by atoms with Crippen LogP contribution in [0.1, 0.15) is 16.8 Å². The Morgan fingerprint density at radius 2 is 1.94 bits per heavy atom. The van der Waals surface area contributed by atoms with E-state index in [2.05, 4.69) is 20.4 Å². The second kappa shape index (κ2) is 9.33. The lowest BCUT2D eigenvalue weighted by atomic mass is 10.1. The molecular weight excluding hydrogens is 408 g/mol. The molecule has 0 bridgehead atoms. The van der Waals surface area contributed by atoms with Crippen LogP contribution in [0.15, 0.2) is 63.7 Å². The minimum Gasteiger partial charge on any atom is -0.444 e. The summed E-state index contributed by atoms with van der Waals surface area (Å²) in [7, 11) is 0. The van der Waals surface area contributed by atoms with Crippen LogP contribution < -0.4 is 5.32 Å². The first-order valence-corrected chi connectivity index (χ1v) is 10.8. The van der Waals surface area contributed by atoms with Gasteiger partial charge in [-0.05, 0) is 43.3 Å². The standard InChI is InChI=1S/C24H24N4O4/c29-23(25-9-4-10-28-11-13-30-14-12-28)18-7-8-21-19(15-18)22(27-32-21)20-16-31-24(26-20)17-5-2-1-3-6-17/h1-3,5-8,15-16H,4,9-14H2,(H,25,29). The molecule has 0 saturated carbocycles. The molecule has 1 fully saturated rings. The van der Waals surface area contributed by atoms with Crippen LogP contribution in [0.3, 0.4) is 0 Å². The summed E-state index contributed by atoms with van der Waals surface area (Å²) in [5, 5.41) is 7.87. The first-order valence-electron chi connectivity index (χ1n) is 10.8. The number of aromatic nitrogens is 2. The van der Waals surface area contributed by atoms with Gasteiger partial charge in [0.1, 0.15) is 17.7 Å². The average molecular weight is 432 g/mol. The predicted molar refractivity (Wildman–Crippen MR) is 119 cm³/mol. The SMILES string of the molecule is O=C(NCCCN1CCOCC1)c1ccc2onc(-c3coc(-c4ccccc4)n3)c2c1. The zero-order valence-electron chi connectivity index (χ0n) is 17.6. The average Bonchev–Trinajstić information content (AvgIpc) is 3.50. The van der Waals surface area contributed by atoms with Gasteiger partial charge in [-0.15, -0.1) is 0 Å². The van der Waals surface area contributed by atoms with Crippen LogP contribution in [0.4, 0.5) is 0 Å².